The summed E-state index contributed by atoms with van der Waals surface area (Å²) < 4.78 is 5.36. The first-order chi connectivity index (χ1) is 16.0. The van der Waals surface area contributed by atoms with Gasteiger partial charge in [0.05, 0.1) is 11.5 Å². The number of anilines is 1. The van der Waals surface area contributed by atoms with Gasteiger partial charge >= 0.3 is 0 Å². The van der Waals surface area contributed by atoms with E-state index in [0.717, 1.165) is 22.3 Å². The van der Waals surface area contributed by atoms with Gasteiger partial charge in [0.15, 0.2) is 11.5 Å². The molecule has 2 heterocycles. The number of para-hydroxylation sites is 1. The van der Waals surface area contributed by atoms with E-state index in [1.807, 2.05) is 30.3 Å². The number of aromatic hydroxyl groups is 1. The summed E-state index contributed by atoms with van der Waals surface area (Å²) in [7, 11) is 0. The minimum Gasteiger partial charge on any atom is -0.504 e. The van der Waals surface area contributed by atoms with Crippen LogP contribution in [0.25, 0.3) is 6.08 Å². The number of hydrogen-bond donors (Lipinski definition) is 1. The maximum absolute atomic E-state index is 12.8. The van der Waals surface area contributed by atoms with E-state index in [-0.39, 0.29) is 23.1 Å². The van der Waals surface area contributed by atoms with E-state index in [2.05, 4.69) is 4.90 Å². The van der Waals surface area contributed by atoms with Crippen molar-refractivity contribution in [2.75, 3.05) is 44.2 Å². The fourth-order valence-corrected chi connectivity index (χ4v) is 4.61. The van der Waals surface area contributed by atoms with E-state index >= 15 is 0 Å². The van der Waals surface area contributed by atoms with E-state index < -0.39 is 11.1 Å². The number of carbonyl (C=O) groups excluding carboxylic acids is 3. The van der Waals surface area contributed by atoms with Crippen molar-refractivity contribution >= 4 is 40.6 Å². The summed E-state index contributed by atoms with van der Waals surface area (Å²) in [6.45, 7) is 4.38. The Morgan fingerprint density at radius 2 is 1.82 bits per heavy atom. The van der Waals surface area contributed by atoms with Gasteiger partial charge in [-0.05, 0) is 54.6 Å². The average Bonchev–Trinajstić information content (AvgIpc) is 3.09. The summed E-state index contributed by atoms with van der Waals surface area (Å²) in [5.74, 6) is -0.433. The quantitative estimate of drug-likeness (QED) is 0.653. The molecule has 0 saturated carbocycles. The lowest BCUT2D eigenvalue weighted by Gasteiger charge is -2.36. The van der Waals surface area contributed by atoms with Gasteiger partial charge in [0.2, 0.25) is 5.91 Å². The van der Waals surface area contributed by atoms with Gasteiger partial charge in [-0.2, -0.15) is 0 Å². The van der Waals surface area contributed by atoms with Gasteiger partial charge in [-0.15, -0.1) is 0 Å². The molecule has 33 heavy (non-hydrogen) atoms. The third-order valence-electron chi connectivity index (χ3n) is 5.50. The lowest BCUT2D eigenvalue weighted by Crippen LogP contribution is -2.51. The Balaban J connectivity index is 1.38. The zero-order chi connectivity index (χ0) is 23.4. The minimum absolute atomic E-state index is 0.0000580. The van der Waals surface area contributed by atoms with Crippen LogP contribution in [0.4, 0.5) is 10.5 Å². The van der Waals surface area contributed by atoms with Crippen LogP contribution in [0.5, 0.6) is 11.5 Å². The molecule has 0 bridgehead atoms. The average molecular weight is 468 g/mol. The zero-order valence-electron chi connectivity index (χ0n) is 18.3. The number of nitrogens with zero attached hydrogens (tertiary/aromatic N) is 3. The van der Waals surface area contributed by atoms with Gasteiger partial charge in [-0.3, -0.25) is 19.3 Å². The second kappa shape index (κ2) is 9.99. The van der Waals surface area contributed by atoms with Crippen molar-refractivity contribution in [1.29, 1.82) is 0 Å². The van der Waals surface area contributed by atoms with E-state index in [0.29, 0.717) is 44.1 Å². The Morgan fingerprint density at radius 1 is 1.09 bits per heavy atom. The summed E-state index contributed by atoms with van der Waals surface area (Å²) in [5.41, 5.74) is 1.73. The molecule has 1 N–H and O–H groups in total. The van der Waals surface area contributed by atoms with Crippen molar-refractivity contribution in [3.63, 3.8) is 0 Å². The van der Waals surface area contributed by atoms with E-state index in [4.69, 9.17) is 4.74 Å². The number of thioether (sulfide) groups is 1. The predicted octanol–water partition coefficient (Wildman–Crippen LogP) is 3.18. The van der Waals surface area contributed by atoms with Crippen LogP contribution in [0.2, 0.25) is 0 Å². The number of phenols is 1. The molecular weight excluding hydrogens is 442 g/mol. The van der Waals surface area contributed by atoms with Crippen molar-refractivity contribution < 1.29 is 24.2 Å². The number of carbonyl (C=O) groups is 3. The van der Waals surface area contributed by atoms with Crippen molar-refractivity contribution in [1.82, 2.24) is 9.80 Å². The number of imide groups is 1. The molecular formula is C24H25N3O5S. The highest BCUT2D eigenvalue weighted by atomic mass is 32.2. The van der Waals surface area contributed by atoms with Gasteiger partial charge in [-0.25, -0.2) is 0 Å². The molecule has 2 fully saturated rings. The molecule has 8 nitrogen and oxygen atoms in total. The molecule has 0 aliphatic carbocycles. The predicted molar refractivity (Wildman–Crippen MR) is 127 cm³/mol. The SMILES string of the molecule is CCOc1cc(/C=C2/SC(=O)N(CC(=O)N3CCN(c4ccccc4)CC3)C2=O)ccc1O. The largest absolute Gasteiger partial charge is 0.504 e. The summed E-state index contributed by atoms with van der Waals surface area (Å²) in [6.07, 6.45) is 1.57. The molecule has 2 aliphatic rings. The Labute approximate surface area is 196 Å². The number of rotatable bonds is 6. The fraction of sp³-hybridized carbons (Fsp3) is 0.292. The summed E-state index contributed by atoms with van der Waals surface area (Å²) in [5, 5.41) is 9.38. The maximum atomic E-state index is 12.8. The molecule has 0 radical (unpaired) electrons. The lowest BCUT2D eigenvalue weighted by atomic mass is 10.2. The van der Waals surface area contributed by atoms with Gasteiger partial charge in [0, 0.05) is 31.9 Å². The fourth-order valence-electron chi connectivity index (χ4n) is 3.77. The second-order valence-corrected chi connectivity index (χ2v) is 8.62. The molecule has 9 heteroatoms. The molecule has 4 rings (SSSR count). The van der Waals surface area contributed by atoms with Crippen LogP contribution in [0, 0.1) is 0 Å². The zero-order valence-corrected chi connectivity index (χ0v) is 19.1. The van der Waals surface area contributed by atoms with Crippen LogP contribution in [-0.2, 0) is 9.59 Å². The number of amides is 3. The first-order valence-electron chi connectivity index (χ1n) is 10.7. The first kappa shape index (κ1) is 22.7. The summed E-state index contributed by atoms with van der Waals surface area (Å²) in [4.78, 5) is 43.2. The highest BCUT2D eigenvalue weighted by Crippen LogP contribution is 2.34. The number of benzene rings is 2. The molecule has 0 unspecified atom stereocenters. The van der Waals surface area contributed by atoms with Gasteiger partial charge in [0.25, 0.3) is 11.1 Å². The second-order valence-electron chi connectivity index (χ2n) is 7.63. The number of phenolic OH excluding ortho intramolecular Hbond substituents is 1. The van der Waals surface area contributed by atoms with Crippen LogP contribution in [-0.4, -0.2) is 71.3 Å². The maximum Gasteiger partial charge on any atom is 0.294 e. The van der Waals surface area contributed by atoms with Crippen molar-refractivity contribution in [2.24, 2.45) is 0 Å². The van der Waals surface area contributed by atoms with Crippen LogP contribution >= 0.6 is 11.8 Å². The molecule has 2 aromatic carbocycles. The van der Waals surface area contributed by atoms with Gasteiger partial charge < -0.3 is 19.6 Å². The normalized spacial score (nSPS) is 17.7. The molecule has 3 amide bonds. The Hall–Kier alpha value is -3.46. The van der Waals surface area contributed by atoms with Crippen LogP contribution in [0.15, 0.2) is 53.4 Å². The molecule has 0 aromatic heterocycles. The third-order valence-corrected chi connectivity index (χ3v) is 6.41. The van der Waals surface area contributed by atoms with E-state index in [1.54, 1.807) is 30.0 Å². The standard InChI is InChI=1S/C24H25N3O5S/c1-2-32-20-14-17(8-9-19(20)28)15-21-23(30)27(24(31)33-21)16-22(29)26-12-10-25(11-13-26)18-6-4-3-5-7-18/h3-9,14-15,28H,2,10-13,16H2,1H3/b21-15+. The Bertz CT molecular complexity index is 1080. The summed E-state index contributed by atoms with van der Waals surface area (Å²) in [6, 6.07) is 14.7. The van der Waals surface area contributed by atoms with Crippen molar-refractivity contribution in [2.45, 2.75) is 6.92 Å². The number of hydrogen-bond acceptors (Lipinski definition) is 7. The highest BCUT2D eigenvalue weighted by Gasteiger charge is 2.37. The number of ether oxygens (including phenoxy) is 1. The topological polar surface area (TPSA) is 90.4 Å². The molecule has 2 saturated heterocycles. The highest BCUT2D eigenvalue weighted by molar-refractivity contribution is 8.18. The van der Waals surface area contributed by atoms with Gasteiger partial charge in [-0.1, -0.05) is 24.3 Å². The van der Waals surface area contributed by atoms with E-state index in [9.17, 15) is 19.5 Å². The van der Waals surface area contributed by atoms with Crippen LogP contribution in [0.1, 0.15) is 12.5 Å². The summed E-state index contributed by atoms with van der Waals surface area (Å²) >= 11 is 0.803. The lowest BCUT2D eigenvalue weighted by molar-refractivity contribution is -0.136. The molecule has 2 aromatic rings. The van der Waals surface area contributed by atoms with Crippen LogP contribution < -0.4 is 9.64 Å². The first-order valence-corrected chi connectivity index (χ1v) is 11.6. The number of piperazine rings is 1. The monoisotopic (exact) mass is 467 g/mol. The minimum atomic E-state index is -0.493. The van der Waals surface area contributed by atoms with Gasteiger partial charge in [0.1, 0.15) is 6.54 Å². The van der Waals surface area contributed by atoms with Crippen molar-refractivity contribution in [3.05, 3.63) is 59.0 Å². The Morgan fingerprint density at radius 3 is 2.52 bits per heavy atom. The van der Waals surface area contributed by atoms with Crippen molar-refractivity contribution in [3.8, 4) is 11.5 Å². The van der Waals surface area contributed by atoms with E-state index in [1.165, 1.54) is 6.07 Å². The molecule has 172 valence electrons. The molecule has 0 spiro atoms. The Kier molecular flexibility index (Phi) is 6.88. The third kappa shape index (κ3) is 5.14. The smallest absolute Gasteiger partial charge is 0.294 e. The van der Waals surface area contributed by atoms with Crippen LogP contribution in [0.3, 0.4) is 0 Å². The molecule has 0 atom stereocenters. The molecule has 2 aliphatic heterocycles.